The molecule has 0 radical (unpaired) electrons. The summed E-state index contributed by atoms with van der Waals surface area (Å²) in [6, 6.07) is 20.6. The zero-order chi connectivity index (χ0) is 23.5. The number of nitrogens with zero attached hydrogens (tertiary/aromatic N) is 4. The highest BCUT2D eigenvalue weighted by molar-refractivity contribution is 5.96. The molecular formula is C25H26N4O4. The second kappa shape index (κ2) is 9.20. The van der Waals surface area contributed by atoms with E-state index in [1.165, 1.54) is 22.1 Å². The van der Waals surface area contributed by atoms with Crippen molar-refractivity contribution in [1.29, 1.82) is 0 Å². The third-order valence-electron chi connectivity index (χ3n) is 5.76. The van der Waals surface area contributed by atoms with Crippen LogP contribution in [0.15, 0.2) is 77.7 Å². The normalized spacial score (nSPS) is 13.2. The highest BCUT2D eigenvalue weighted by atomic mass is 16.3. The molecule has 0 atom stereocenters. The summed E-state index contributed by atoms with van der Waals surface area (Å²) in [7, 11) is 3.32. The Bertz CT molecular complexity index is 1170. The van der Waals surface area contributed by atoms with Gasteiger partial charge in [0.15, 0.2) is 11.4 Å². The molecule has 0 saturated carbocycles. The molecule has 0 spiro atoms. The van der Waals surface area contributed by atoms with E-state index in [-0.39, 0.29) is 37.3 Å². The molecule has 1 aliphatic rings. The molecule has 0 aliphatic carbocycles. The number of aromatic nitrogens is 1. The van der Waals surface area contributed by atoms with Crippen molar-refractivity contribution in [2.45, 2.75) is 12.5 Å². The molecule has 0 saturated heterocycles. The topological polar surface area (TPSA) is 86.1 Å². The summed E-state index contributed by atoms with van der Waals surface area (Å²) in [6.07, 6.45) is 1.64. The summed E-state index contributed by atoms with van der Waals surface area (Å²) in [4.78, 5) is 40.6. The molecule has 1 aliphatic heterocycles. The second-order valence-corrected chi connectivity index (χ2v) is 8.13. The third-order valence-corrected chi connectivity index (χ3v) is 5.76. The molecular weight excluding hydrogens is 420 g/mol. The van der Waals surface area contributed by atoms with E-state index >= 15 is 0 Å². The Morgan fingerprint density at radius 1 is 0.970 bits per heavy atom. The van der Waals surface area contributed by atoms with Crippen LogP contribution < -0.4 is 10.4 Å². The molecule has 170 valence electrons. The zero-order valence-corrected chi connectivity index (χ0v) is 18.6. The molecule has 2 heterocycles. The van der Waals surface area contributed by atoms with E-state index in [1.54, 1.807) is 18.8 Å². The van der Waals surface area contributed by atoms with Crippen molar-refractivity contribution >= 4 is 11.8 Å². The quantitative estimate of drug-likeness (QED) is 0.627. The summed E-state index contributed by atoms with van der Waals surface area (Å²) in [6.45, 7) is 0.328. The van der Waals surface area contributed by atoms with Crippen LogP contribution >= 0.6 is 0 Å². The van der Waals surface area contributed by atoms with E-state index in [4.69, 9.17) is 0 Å². The Morgan fingerprint density at radius 2 is 1.55 bits per heavy atom. The van der Waals surface area contributed by atoms with Gasteiger partial charge in [0.2, 0.25) is 11.3 Å². The summed E-state index contributed by atoms with van der Waals surface area (Å²) >= 11 is 0. The van der Waals surface area contributed by atoms with Crippen LogP contribution in [-0.2, 0) is 4.79 Å². The van der Waals surface area contributed by atoms with Crippen molar-refractivity contribution < 1.29 is 14.7 Å². The highest BCUT2D eigenvalue weighted by Gasteiger charge is 2.36. The summed E-state index contributed by atoms with van der Waals surface area (Å²) < 4.78 is 1.55. The van der Waals surface area contributed by atoms with E-state index < -0.39 is 17.1 Å². The molecule has 33 heavy (non-hydrogen) atoms. The average Bonchev–Trinajstić information content (AvgIpc) is 2.83. The second-order valence-electron chi connectivity index (χ2n) is 8.13. The lowest BCUT2D eigenvalue weighted by molar-refractivity contribution is -0.128. The van der Waals surface area contributed by atoms with Crippen LogP contribution in [0.4, 0.5) is 0 Å². The Balaban J connectivity index is 1.84. The number of rotatable bonds is 6. The van der Waals surface area contributed by atoms with Gasteiger partial charge in [-0.1, -0.05) is 60.7 Å². The maximum absolute atomic E-state index is 13.3. The maximum atomic E-state index is 13.3. The van der Waals surface area contributed by atoms with Gasteiger partial charge in [0, 0.05) is 39.3 Å². The van der Waals surface area contributed by atoms with Gasteiger partial charge in [0.1, 0.15) is 6.67 Å². The van der Waals surface area contributed by atoms with Gasteiger partial charge in [-0.15, -0.1) is 0 Å². The maximum Gasteiger partial charge on any atom is 0.277 e. The van der Waals surface area contributed by atoms with Gasteiger partial charge in [-0.25, -0.2) is 0 Å². The molecule has 2 aromatic carbocycles. The van der Waals surface area contributed by atoms with Gasteiger partial charge in [-0.2, -0.15) is 0 Å². The van der Waals surface area contributed by atoms with Gasteiger partial charge >= 0.3 is 0 Å². The summed E-state index contributed by atoms with van der Waals surface area (Å²) in [5.74, 6) is -1.21. The van der Waals surface area contributed by atoms with E-state index in [1.807, 2.05) is 65.7 Å². The number of amides is 2. The Kier molecular flexibility index (Phi) is 6.17. The minimum Gasteiger partial charge on any atom is -0.502 e. The number of carbonyl (C=O) groups is 2. The minimum atomic E-state index is -0.628. The van der Waals surface area contributed by atoms with Crippen molar-refractivity contribution in [1.82, 2.24) is 14.5 Å². The SMILES string of the molecule is CN(C)C(=O)CCN1CN(C(c2ccccc2)c2ccccc2)n2ccc(=O)c(O)c2C1=O. The molecule has 0 bridgehead atoms. The molecule has 8 nitrogen and oxygen atoms in total. The third kappa shape index (κ3) is 4.32. The van der Waals surface area contributed by atoms with E-state index in [0.717, 1.165) is 11.1 Å². The number of fused-ring (bicyclic) bond motifs is 1. The van der Waals surface area contributed by atoms with E-state index in [9.17, 15) is 19.5 Å². The van der Waals surface area contributed by atoms with Crippen LogP contribution in [0.5, 0.6) is 5.75 Å². The van der Waals surface area contributed by atoms with Gasteiger partial charge in [0.05, 0.1) is 6.04 Å². The van der Waals surface area contributed by atoms with Gasteiger partial charge in [-0.05, 0) is 11.1 Å². The molecule has 4 rings (SSSR count). The van der Waals surface area contributed by atoms with Crippen LogP contribution in [0, 0.1) is 0 Å². The molecule has 8 heteroatoms. The first-order valence-electron chi connectivity index (χ1n) is 10.7. The molecule has 2 amide bonds. The lowest BCUT2D eigenvalue weighted by Crippen LogP contribution is -2.56. The minimum absolute atomic E-state index is 0.108. The van der Waals surface area contributed by atoms with E-state index in [2.05, 4.69) is 0 Å². The average molecular weight is 447 g/mol. The molecule has 0 unspecified atom stereocenters. The van der Waals surface area contributed by atoms with Gasteiger partial charge in [0.25, 0.3) is 5.91 Å². The standard InChI is InChI=1S/C25H26N4O4/c1-26(2)21(31)14-15-27-17-29(28-16-13-20(30)24(32)23(28)25(27)33)22(18-9-5-3-6-10-18)19-11-7-4-8-12-19/h3-13,16,22,32H,14-15,17H2,1-2H3. The van der Waals surface area contributed by atoms with Gasteiger partial charge in [-0.3, -0.25) is 24.1 Å². The van der Waals surface area contributed by atoms with Crippen molar-refractivity contribution in [3.8, 4) is 5.75 Å². The fraction of sp³-hybridized carbons (Fsp3) is 0.240. The first kappa shape index (κ1) is 22.1. The van der Waals surface area contributed by atoms with Crippen LogP contribution in [0.25, 0.3) is 0 Å². The largest absolute Gasteiger partial charge is 0.502 e. The first-order valence-corrected chi connectivity index (χ1v) is 10.7. The first-order chi connectivity index (χ1) is 15.9. The number of pyridine rings is 1. The smallest absolute Gasteiger partial charge is 0.277 e. The summed E-state index contributed by atoms with van der Waals surface area (Å²) in [5.41, 5.74) is 1.22. The number of carbonyl (C=O) groups excluding carboxylic acids is 2. The monoisotopic (exact) mass is 446 g/mol. The van der Waals surface area contributed by atoms with Crippen LogP contribution in [-0.4, -0.2) is 58.7 Å². The molecule has 1 N–H and O–H groups in total. The lowest BCUT2D eigenvalue weighted by Gasteiger charge is -2.44. The predicted octanol–water partition coefficient (Wildman–Crippen LogP) is 2.17. The fourth-order valence-electron chi connectivity index (χ4n) is 4.03. The van der Waals surface area contributed by atoms with Crippen LogP contribution in [0.3, 0.4) is 0 Å². The van der Waals surface area contributed by atoms with Crippen molar-refractivity contribution in [2.75, 3.05) is 32.3 Å². The van der Waals surface area contributed by atoms with E-state index in [0.29, 0.717) is 0 Å². The fourth-order valence-corrected chi connectivity index (χ4v) is 4.03. The lowest BCUT2D eigenvalue weighted by atomic mass is 9.98. The number of benzene rings is 2. The van der Waals surface area contributed by atoms with Crippen molar-refractivity contribution in [3.63, 3.8) is 0 Å². The predicted molar refractivity (Wildman–Crippen MR) is 125 cm³/mol. The zero-order valence-electron chi connectivity index (χ0n) is 18.6. The van der Waals surface area contributed by atoms with Crippen LogP contribution in [0.1, 0.15) is 34.1 Å². The van der Waals surface area contributed by atoms with Gasteiger partial charge < -0.3 is 14.9 Å². The highest BCUT2D eigenvalue weighted by Crippen LogP contribution is 2.32. The molecule has 1 aromatic heterocycles. The summed E-state index contributed by atoms with van der Waals surface area (Å²) in [5, 5.41) is 12.5. The van der Waals surface area contributed by atoms with Crippen molar-refractivity contribution in [2.24, 2.45) is 0 Å². The van der Waals surface area contributed by atoms with Crippen LogP contribution in [0.2, 0.25) is 0 Å². The number of hydrogen-bond acceptors (Lipinski definition) is 5. The Morgan fingerprint density at radius 3 is 2.09 bits per heavy atom. The molecule has 0 fully saturated rings. The Labute approximate surface area is 191 Å². The Hall–Kier alpha value is -4.07. The number of hydrogen-bond donors (Lipinski definition) is 1. The number of aromatic hydroxyl groups is 1. The molecule has 3 aromatic rings. The van der Waals surface area contributed by atoms with Crippen molar-refractivity contribution in [3.05, 3.63) is 100.0 Å².